The van der Waals surface area contributed by atoms with Gasteiger partial charge in [0.2, 0.25) is 0 Å². The molecule has 24 heavy (non-hydrogen) atoms. The minimum absolute atomic E-state index is 0.383. The van der Waals surface area contributed by atoms with Crippen molar-refractivity contribution >= 4 is 15.8 Å². The summed E-state index contributed by atoms with van der Waals surface area (Å²) >= 11 is 0. The number of nitrogens with one attached hydrogen (secondary N) is 2. The number of hydrogen-bond donors (Lipinski definition) is 2. The van der Waals surface area contributed by atoms with Crippen LogP contribution < -0.4 is 10.6 Å². The molecule has 0 aromatic heterocycles. The monoisotopic (exact) mass is 353 g/mol. The Labute approximate surface area is 146 Å². The molecule has 0 bridgehead atoms. The van der Waals surface area contributed by atoms with Gasteiger partial charge < -0.3 is 10.6 Å². The lowest BCUT2D eigenvalue weighted by atomic mass is 10.0. The predicted molar refractivity (Wildman–Crippen MR) is 101 cm³/mol. The molecule has 2 N–H and O–H groups in total. The van der Waals surface area contributed by atoms with Crippen LogP contribution in [0.15, 0.2) is 28.1 Å². The highest BCUT2D eigenvalue weighted by molar-refractivity contribution is 7.90. The molecule has 0 fully saturated rings. The quantitative estimate of drug-likeness (QED) is 0.557. The number of aliphatic imine (C=N–C) groups is 1. The second-order valence-corrected chi connectivity index (χ2v) is 8.11. The van der Waals surface area contributed by atoms with Crippen LogP contribution in [0.4, 0.5) is 0 Å². The zero-order valence-electron chi connectivity index (χ0n) is 15.5. The highest BCUT2D eigenvalue weighted by atomic mass is 32.2. The molecule has 5 nitrogen and oxygen atoms in total. The standard InChI is InChI=1S/C18H31N3O2S/c1-6-15(7-2)12-20-18(19-8-3)21-13-16-9-10-17(14(4)11-16)24(5,22)23/h9-11,15H,6-8,12-13H2,1-5H3,(H2,19,20,21). The van der Waals surface area contributed by atoms with Gasteiger partial charge in [0.1, 0.15) is 0 Å². The molecular weight excluding hydrogens is 322 g/mol. The largest absolute Gasteiger partial charge is 0.357 e. The molecule has 0 aliphatic rings. The van der Waals surface area contributed by atoms with E-state index in [0.29, 0.717) is 17.4 Å². The van der Waals surface area contributed by atoms with Gasteiger partial charge in [-0.1, -0.05) is 38.8 Å². The molecule has 0 spiro atoms. The number of sulfone groups is 1. The second-order valence-electron chi connectivity index (χ2n) is 6.13. The molecule has 0 radical (unpaired) electrons. The van der Waals surface area contributed by atoms with Crippen molar-refractivity contribution in [3.63, 3.8) is 0 Å². The van der Waals surface area contributed by atoms with Crippen molar-refractivity contribution in [2.45, 2.75) is 52.0 Å². The lowest BCUT2D eigenvalue weighted by Gasteiger charge is -2.16. The molecule has 0 amide bonds. The lowest BCUT2D eigenvalue weighted by Crippen LogP contribution is -2.39. The van der Waals surface area contributed by atoms with E-state index < -0.39 is 9.84 Å². The Bertz CT molecular complexity index is 650. The minimum Gasteiger partial charge on any atom is -0.357 e. The first-order valence-electron chi connectivity index (χ1n) is 8.63. The van der Waals surface area contributed by atoms with Gasteiger partial charge in [-0.3, -0.25) is 0 Å². The van der Waals surface area contributed by atoms with Crippen molar-refractivity contribution in [3.05, 3.63) is 29.3 Å². The van der Waals surface area contributed by atoms with E-state index in [1.54, 1.807) is 6.07 Å². The Morgan fingerprint density at radius 1 is 1.17 bits per heavy atom. The van der Waals surface area contributed by atoms with Crippen LogP contribution in [0.3, 0.4) is 0 Å². The van der Waals surface area contributed by atoms with Crippen LogP contribution in [0.5, 0.6) is 0 Å². The van der Waals surface area contributed by atoms with Crippen LogP contribution in [-0.2, 0) is 16.4 Å². The lowest BCUT2D eigenvalue weighted by molar-refractivity contribution is 0.481. The summed E-state index contributed by atoms with van der Waals surface area (Å²) in [7, 11) is -3.17. The van der Waals surface area contributed by atoms with Crippen molar-refractivity contribution in [2.75, 3.05) is 19.3 Å². The minimum atomic E-state index is -3.17. The number of nitrogens with zero attached hydrogens (tertiary/aromatic N) is 1. The van der Waals surface area contributed by atoms with Gasteiger partial charge in [-0.25, -0.2) is 13.4 Å². The van der Waals surface area contributed by atoms with Crippen molar-refractivity contribution in [1.29, 1.82) is 0 Å². The molecule has 6 heteroatoms. The van der Waals surface area contributed by atoms with Crippen molar-refractivity contribution in [2.24, 2.45) is 10.9 Å². The highest BCUT2D eigenvalue weighted by Crippen LogP contribution is 2.17. The van der Waals surface area contributed by atoms with Gasteiger partial charge in [0.05, 0.1) is 11.4 Å². The fraction of sp³-hybridized carbons (Fsp3) is 0.611. The summed E-state index contributed by atoms with van der Waals surface area (Å²) in [4.78, 5) is 4.99. The third-order valence-electron chi connectivity index (χ3n) is 4.12. The van der Waals surface area contributed by atoms with Gasteiger partial charge in [-0.05, 0) is 37.0 Å². The van der Waals surface area contributed by atoms with Gasteiger partial charge in [0, 0.05) is 19.3 Å². The Hall–Kier alpha value is -1.56. The molecule has 0 heterocycles. The summed E-state index contributed by atoms with van der Waals surface area (Å²) in [5, 5.41) is 6.64. The maximum Gasteiger partial charge on any atom is 0.191 e. The van der Waals surface area contributed by atoms with Gasteiger partial charge in [-0.15, -0.1) is 0 Å². The summed E-state index contributed by atoms with van der Waals surface area (Å²) in [5.74, 6) is 1.44. The molecule has 0 atom stereocenters. The van der Waals surface area contributed by atoms with Gasteiger partial charge >= 0.3 is 0 Å². The van der Waals surface area contributed by atoms with Crippen LogP contribution in [0.2, 0.25) is 0 Å². The maximum absolute atomic E-state index is 11.7. The Kier molecular flexibility index (Phi) is 8.25. The van der Waals surface area contributed by atoms with Gasteiger partial charge in [-0.2, -0.15) is 0 Å². The highest BCUT2D eigenvalue weighted by Gasteiger charge is 2.11. The summed E-state index contributed by atoms with van der Waals surface area (Å²) in [5.41, 5.74) is 1.76. The van der Waals surface area contributed by atoms with Gasteiger partial charge in [0.15, 0.2) is 15.8 Å². The molecule has 1 aromatic rings. The SMILES string of the molecule is CCNC(=NCc1ccc(S(C)(=O)=O)c(C)c1)NCC(CC)CC. The second kappa shape index (κ2) is 9.67. The van der Waals surface area contributed by atoms with E-state index in [1.807, 2.05) is 26.0 Å². The summed E-state index contributed by atoms with van der Waals surface area (Å²) < 4.78 is 23.3. The first kappa shape index (κ1) is 20.5. The zero-order chi connectivity index (χ0) is 18.2. The van der Waals surface area contributed by atoms with E-state index in [9.17, 15) is 8.42 Å². The third kappa shape index (κ3) is 6.51. The summed E-state index contributed by atoms with van der Waals surface area (Å²) in [6.45, 7) is 10.5. The molecular formula is C18H31N3O2S. The molecule has 0 saturated heterocycles. The average molecular weight is 354 g/mol. The average Bonchev–Trinajstić information content (AvgIpc) is 2.52. The molecule has 0 unspecified atom stereocenters. The topological polar surface area (TPSA) is 70.6 Å². The van der Waals surface area contributed by atoms with Gasteiger partial charge in [0.25, 0.3) is 0 Å². The van der Waals surface area contributed by atoms with Crippen LogP contribution >= 0.6 is 0 Å². The molecule has 0 saturated carbocycles. The van der Waals surface area contributed by atoms with E-state index in [1.165, 1.54) is 6.26 Å². The molecule has 1 rings (SSSR count). The molecule has 1 aromatic carbocycles. The molecule has 136 valence electrons. The number of rotatable bonds is 8. The molecule has 0 aliphatic heterocycles. The van der Waals surface area contributed by atoms with Crippen molar-refractivity contribution in [1.82, 2.24) is 10.6 Å². The van der Waals surface area contributed by atoms with Crippen LogP contribution in [0, 0.1) is 12.8 Å². The van der Waals surface area contributed by atoms with E-state index in [0.717, 1.165) is 43.0 Å². The summed E-state index contributed by atoms with van der Waals surface area (Å²) in [6.07, 6.45) is 3.53. The van der Waals surface area contributed by atoms with E-state index in [2.05, 4.69) is 29.5 Å². The summed E-state index contributed by atoms with van der Waals surface area (Å²) in [6, 6.07) is 5.39. The Morgan fingerprint density at radius 3 is 2.33 bits per heavy atom. The fourth-order valence-corrected chi connectivity index (χ4v) is 3.52. The van der Waals surface area contributed by atoms with Crippen molar-refractivity contribution < 1.29 is 8.42 Å². The molecule has 0 aliphatic carbocycles. The van der Waals surface area contributed by atoms with Crippen LogP contribution in [-0.4, -0.2) is 33.7 Å². The Morgan fingerprint density at radius 2 is 1.83 bits per heavy atom. The first-order chi connectivity index (χ1) is 11.3. The van der Waals surface area contributed by atoms with E-state index in [4.69, 9.17) is 0 Å². The third-order valence-corrected chi connectivity index (χ3v) is 5.37. The number of guanidine groups is 1. The normalized spacial score (nSPS) is 12.5. The van der Waals surface area contributed by atoms with Crippen LogP contribution in [0.25, 0.3) is 0 Å². The fourth-order valence-electron chi connectivity index (χ4n) is 2.56. The van der Waals surface area contributed by atoms with Crippen LogP contribution in [0.1, 0.15) is 44.7 Å². The maximum atomic E-state index is 11.7. The smallest absolute Gasteiger partial charge is 0.191 e. The Balaban J connectivity index is 2.81. The first-order valence-corrected chi connectivity index (χ1v) is 10.5. The number of aryl methyl sites for hydroxylation is 1. The van der Waals surface area contributed by atoms with Crippen molar-refractivity contribution in [3.8, 4) is 0 Å². The van der Waals surface area contributed by atoms with E-state index in [-0.39, 0.29) is 0 Å². The van der Waals surface area contributed by atoms with E-state index >= 15 is 0 Å². The zero-order valence-corrected chi connectivity index (χ0v) is 16.3. The predicted octanol–water partition coefficient (Wildman–Crippen LogP) is 2.89. The number of benzene rings is 1. The number of hydrogen-bond acceptors (Lipinski definition) is 3.